The first-order valence-electron chi connectivity index (χ1n) is 5.94. The number of aliphatic hydroxyl groups is 1. The lowest BCUT2D eigenvalue weighted by molar-refractivity contribution is 0.245. The molecule has 2 atom stereocenters. The molecule has 96 valence electrons. The van der Waals surface area contributed by atoms with Crippen LogP contribution in [0.15, 0.2) is 5.16 Å². The molecule has 0 bridgehead atoms. The van der Waals surface area contributed by atoms with Crippen molar-refractivity contribution in [1.29, 1.82) is 0 Å². The number of nitrogens with one attached hydrogen (secondary N) is 1. The van der Waals surface area contributed by atoms with E-state index in [0.717, 1.165) is 25.8 Å². The van der Waals surface area contributed by atoms with E-state index in [2.05, 4.69) is 17.4 Å². The maximum atomic E-state index is 8.91. The molecule has 0 heterocycles. The van der Waals surface area contributed by atoms with Crippen LogP contribution in [0.2, 0.25) is 0 Å². The Morgan fingerprint density at radius 1 is 1.44 bits per heavy atom. The van der Waals surface area contributed by atoms with Gasteiger partial charge in [-0.3, -0.25) is 0 Å². The van der Waals surface area contributed by atoms with E-state index in [1.165, 1.54) is 0 Å². The molecule has 0 radical (unpaired) electrons. The number of oxime groups is 1. The molecule has 0 aromatic heterocycles. The maximum absolute atomic E-state index is 8.91. The normalized spacial score (nSPS) is 16.1. The molecule has 5 N–H and O–H groups in total. The maximum Gasteiger partial charge on any atom is 0.140 e. The SMILES string of the molecule is CCCC(CCO)CNC(C)CC(N)=NO. The summed E-state index contributed by atoms with van der Waals surface area (Å²) in [5.74, 6) is 0.749. The van der Waals surface area contributed by atoms with Gasteiger partial charge in [-0.2, -0.15) is 0 Å². The van der Waals surface area contributed by atoms with Gasteiger partial charge in [0.1, 0.15) is 5.84 Å². The highest BCUT2D eigenvalue weighted by Crippen LogP contribution is 2.09. The fourth-order valence-electron chi connectivity index (χ4n) is 1.73. The van der Waals surface area contributed by atoms with E-state index < -0.39 is 0 Å². The third-order valence-corrected chi connectivity index (χ3v) is 2.63. The zero-order chi connectivity index (χ0) is 12.4. The number of rotatable bonds is 9. The Hall–Kier alpha value is -0.810. The quantitative estimate of drug-likeness (QED) is 0.205. The molecule has 0 aliphatic carbocycles. The predicted octanol–water partition coefficient (Wildman–Crippen LogP) is 0.900. The molecule has 16 heavy (non-hydrogen) atoms. The minimum atomic E-state index is 0.189. The van der Waals surface area contributed by atoms with E-state index in [9.17, 15) is 0 Å². The van der Waals surface area contributed by atoms with Gasteiger partial charge in [-0.25, -0.2) is 0 Å². The Labute approximate surface area is 97.7 Å². The van der Waals surface area contributed by atoms with Gasteiger partial charge in [0.25, 0.3) is 0 Å². The molecule has 0 aromatic rings. The molecule has 0 fully saturated rings. The first kappa shape index (κ1) is 15.2. The zero-order valence-corrected chi connectivity index (χ0v) is 10.3. The average molecular weight is 231 g/mol. The van der Waals surface area contributed by atoms with Gasteiger partial charge in [0.15, 0.2) is 0 Å². The molecule has 0 spiro atoms. The average Bonchev–Trinajstić information content (AvgIpc) is 2.26. The lowest BCUT2D eigenvalue weighted by atomic mass is 10.00. The van der Waals surface area contributed by atoms with Crippen LogP contribution in [-0.4, -0.2) is 35.3 Å². The van der Waals surface area contributed by atoms with Gasteiger partial charge in [0.05, 0.1) is 0 Å². The molecule has 5 nitrogen and oxygen atoms in total. The van der Waals surface area contributed by atoms with Crippen LogP contribution in [0.4, 0.5) is 0 Å². The molecule has 0 amide bonds. The van der Waals surface area contributed by atoms with Gasteiger partial charge < -0.3 is 21.4 Å². The molecule has 0 aromatic carbocycles. The van der Waals surface area contributed by atoms with Gasteiger partial charge in [-0.15, -0.1) is 0 Å². The highest BCUT2D eigenvalue weighted by atomic mass is 16.4. The van der Waals surface area contributed by atoms with Crippen LogP contribution in [0.25, 0.3) is 0 Å². The number of hydrogen-bond donors (Lipinski definition) is 4. The first-order valence-corrected chi connectivity index (χ1v) is 5.94. The predicted molar refractivity (Wildman–Crippen MR) is 65.6 cm³/mol. The van der Waals surface area contributed by atoms with Crippen molar-refractivity contribution in [2.45, 2.75) is 45.6 Å². The Kier molecular flexibility index (Phi) is 8.94. The second-order valence-corrected chi connectivity index (χ2v) is 4.27. The lowest BCUT2D eigenvalue weighted by Gasteiger charge is -2.19. The number of nitrogens with zero attached hydrogens (tertiary/aromatic N) is 1. The van der Waals surface area contributed by atoms with Crippen molar-refractivity contribution in [3.8, 4) is 0 Å². The van der Waals surface area contributed by atoms with E-state index in [1.54, 1.807) is 0 Å². The molecular weight excluding hydrogens is 206 g/mol. The van der Waals surface area contributed by atoms with Crippen molar-refractivity contribution in [2.75, 3.05) is 13.2 Å². The van der Waals surface area contributed by atoms with Crippen LogP contribution >= 0.6 is 0 Å². The summed E-state index contributed by atoms with van der Waals surface area (Å²) in [4.78, 5) is 0. The topological polar surface area (TPSA) is 90.9 Å². The van der Waals surface area contributed by atoms with E-state index in [-0.39, 0.29) is 18.5 Å². The van der Waals surface area contributed by atoms with E-state index in [4.69, 9.17) is 16.0 Å². The fraction of sp³-hybridized carbons (Fsp3) is 0.909. The number of amidine groups is 1. The van der Waals surface area contributed by atoms with E-state index >= 15 is 0 Å². The van der Waals surface area contributed by atoms with Crippen LogP contribution < -0.4 is 11.1 Å². The molecule has 0 saturated heterocycles. The van der Waals surface area contributed by atoms with Crippen LogP contribution in [0, 0.1) is 5.92 Å². The van der Waals surface area contributed by atoms with Crippen LogP contribution in [0.3, 0.4) is 0 Å². The molecule has 5 heteroatoms. The summed E-state index contributed by atoms with van der Waals surface area (Å²) >= 11 is 0. The zero-order valence-electron chi connectivity index (χ0n) is 10.3. The van der Waals surface area contributed by atoms with Crippen LogP contribution in [0.5, 0.6) is 0 Å². The molecule has 0 saturated carbocycles. The summed E-state index contributed by atoms with van der Waals surface area (Å²) in [6, 6.07) is 0.189. The summed E-state index contributed by atoms with van der Waals surface area (Å²) in [6.07, 6.45) is 3.61. The third-order valence-electron chi connectivity index (χ3n) is 2.63. The smallest absolute Gasteiger partial charge is 0.140 e. The molecular formula is C11H25N3O2. The van der Waals surface area contributed by atoms with Gasteiger partial charge in [0, 0.05) is 19.1 Å². The number of aliphatic hydroxyl groups excluding tert-OH is 1. The van der Waals surface area contributed by atoms with Gasteiger partial charge in [-0.05, 0) is 32.2 Å². The summed E-state index contributed by atoms with van der Waals surface area (Å²) < 4.78 is 0. The van der Waals surface area contributed by atoms with Crippen LogP contribution in [-0.2, 0) is 0 Å². The molecule has 0 aliphatic rings. The number of nitrogens with two attached hydrogens (primary N) is 1. The van der Waals surface area contributed by atoms with Gasteiger partial charge >= 0.3 is 0 Å². The third kappa shape index (κ3) is 7.48. The fourth-order valence-corrected chi connectivity index (χ4v) is 1.73. The Balaban J connectivity index is 3.81. The van der Waals surface area contributed by atoms with Crippen LogP contribution in [0.1, 0.15) is 39.5 Å². The largest absolute Gasteiger partial charge is 0.409 e. The summed E-state index contributed by atoms with van der Waals surface area (Å²) in [5, 5.41) is 23.6. The molecule has 0 rings (SSSR count). The van der Waals surface area contributed by atoms with Crippen molar-refractivity contribution in [1.82, 2.24) is 5.32 Å². The minimum Gasteiger partial charge on any atom is -0.409 e. The second kappa shape index (κ2) is 9.42. The Morgan fingerprint density at radius 3 is 2.62 bits per heavy atom. The summed E-state index contributed by atoms with van der Waals surface area (Å²) in [5.41, 5.74) is 5.42. The minimum absolute atomic E-state index is 0.189. The monoisotopic (exact) mass is 231 g/mol. The Morgan fingerprint density at radius 2 is 2.12 bits per heavy atom. The summed E-state index contributed by atoms with van der Waals surface area (Å²) in [6.45, 7) is 5.25. The molecule has 0 aliphatic heterocycles. The number of hydrogen-bond acceptors (Lipinski definition) is 4. The van der Waals surface area contributed by atoms with E-state index in [1.807, 2.05) is 6.92 Å². The highest BCUT2D eigenvalue weighted by Gasteiger charge is 2.10. The van der Waals surface area contributed by atoms with Crippen molar-refractivity contribution >= 4 is 5.84 Å². The summed E-state index contributed by atoms with van der Waals surface area (Å²) in [7, 11) is 0. The first-order chi connectivity index (χ1) is 7.63. The van der Waals surface area contributed by atoms with Gasteiger partial charge in [0.2, 0.25) is 0 Å². The lowest BCUT2D eigenvalue weighted by Crippen LogP contribution is -2.34. The van der Waals surface area contributed by atoms with Crippen molar-refractivity contribution < 1.29 is 10.3 Å². The molecule has 2 unspecified atom stereocenters. The Bertz CT molecular complexity index is 192. The second-order valence-electron chi connectivity index (χ2n) is 4.27. The highest BCUT2D eigenvalue weighted by molar-refractivity contribution is 5.80. The van der Waals surface area contributed by atoms with Crippen molar-refractivity contribution in [3.05, 3.63) is 0 Å². The van der Waals surface area contributed by atoms with E-state index in [0.29, 0.717) is 12.3 Å². The van der Waals surface area contributed by atoms with Crippen molar-refractivity contribution in [2.24, 2.45) is 16.8 Å². The standard InChI is InChI=1S/C11H25N3O2/c1-3-4-10(5-6-15)8-13-9(2)7-11(12)14-16/h9-10,13,15-16H,3-8H2,1-2H3,(H2,12,14). The van der Waals surface area contributed by atoms with Gasteiger partial charge in [-0.1, -0.05) is 18.5 Å². The van der Waals surface area contributed by atoms with Crippen molar-refractivity contribution in [3.63, 3.8) is 0 Å².